The van der Waals surface area contributed by atoms with Crippen LogP contribution >= 0.6 is 15.9 Å². The highest BCUT2D eigenvalue weighted by atomic mass is 79.9. The molecule has 0 bridgehead atoms. The summed E-state index contributed by atoms with van der Waals surface area (Å²) in [4.78, 5) is 18.8. The number of aromatic nitrogens is 2. The molecule has 0 radical (unpaired) electrons. The minimum Gasteiger partial charge on any atom is -0.309 e. The van der Waals surface area contributed by atoms with E-state index in [9.17, 15) is 9.18 Å². The van der Waals surface area contributed by atoms with E-state index in [1.807, 2.05) is 13.8 Å². The van der Waals surface area contributed by atoms with Crippen molar-refractivity contribution in [2.45, 2.75) is 26.4 Å². The molecule has 1 heterocycles. The van der Waals surface area contributed by atoms with E-state index in [4.69, 9.17) is 0 Å². The molecule has 2 aromatic rings. The van der Waals surface area contributed by atoms with Crippen molar-refractivity contribution in [3.63, 3.8) is 0 Å². The second-order valence-corrected chi connectivity index (χ2v) is 5.60. The van der Waals surface area contributed by atoms with E-state index in [0.29, 0.717) is 34.1 Å². The quantitative estimate of drug-likeness (QED) is 0.900. The zero-order valence-electron chi connectivity index (χ0n) is 11.2. The highest BCUT2D eigenvalue weighted by Crippen LogP contribution is 2.25. The molecule has 0 aliphatic heterocycles. The summed E-state index contributed by atoms with van der Waals surface area (Å²) in [7, 11) is 0. The average Bonchev–Trinajstić information content (AvgIpc) is 2.35. The SMILES string of the molecule is CC(C)NCc1cc(=O)[nH]c(-c2ccc(F)cc2Br)n1. The van der Waals surface area contributed by atoms with E-state index in [-0.39, 0.29) is 11.4 Å². The Balaban J connectivity index is 2.39. The number of hydrogen-bond acceptors (Lipinski definition) is 3. The summed E-state index contributed by atoms with van der Waals surface area (Å²) in [5.41, 5.74) is 1.07. The van der Waals surface area contributed by atoms with Crippen LogP contribution in [0.5, 0.6) is 0 Å². The van der Waals surface area contributed by atoms with Gasteiger partial charge in [-0.1, -0.05) is 13.8 Å². The first-order valence-corrected chi connectivity index (χ1v) is 7.04. The molecule has 4 nitrogen and oxygen atoms in total. The van der Waals surface area contributed by atoms with Crippen LogP contribution in [0.2, 0.25) is 0 Å². The maximum absolute atomic E-state index is 13.1. The van der Waals surface area contributed by atoms with Crippen molar-refractivity contribution in [3.8, 4) is 11.4 Å². The van der Waals surface area contributed by atoms with Gasteiger partial charge in [-0.15, -0.1) is 0 Å². The highest BCUT2D eigenvalue weighted by Gasteiger charge is 2.09. The Morgan fingerprint density at radius 1 is 1.40 bits per heavy atom. The van der Waals surface area contributed by atoms with Gasteiger partial charge in [-0.3, -0.25) is 4.79 Å². The minimum atomic E-state index is -0.347. The van der Waals surface area contributed by atoms with E-state index in [2.05, 4.69) is 31.2 Å². The molecule has 0 atom stereocenters. The number of hydrogen-bond donors (Lipinski definition) is 2. The molecule has 0 spiro atoms. The monoisotopic (exact) mass is 339 g/mol. The highest BCUT2D eigenvalue weighted by molar-refractivity contribution is 9.10. The lowest BCUT2D eigenvalue weighted by Gasteiger charge is -2.09. The van der Waals surface area contributed by atoms with E-state index >= 15 is 0 Å². The third kappa shape index (κ3) is 3.74. The first kappa shape index (κ1) is 14.9. The fourth-order valence-corrected chi connectivity index (χ4v) is 2.25. The van der Waals surface area contributed by atoms with Gasteiger partial charge in [-0.25, -0.2) is 9.37 Å². The molecule has 0 amide bonds. The molecule has 0 saturated heterocycles. The molecular weight excluding hydrogens is 325 g/mol. The van der Waals surface area contributed by atoms with Crippen molar-refractivity contribution < 1.29 is 4.39 Å². The third-order valence-corrected chi connectivity index (χ3v) is 3.33. The largest absolute Gasteiger partial charge is 0.309 e. The molecule has 0 fully saturated rings. The Morgan fingerprint density at radius 3 is 2.80 bits per heavy atom. The summed E-state index contributed by atoms with van der Waals surface area (Å²) in [6, 6.07) is 6.01. The Morgan fingerprint density at radius 2 is 2.15 bits per heavy atom. The van der Waals surface area contributed by atoms with Gasteiger partial charge in [0.05, 0.1) is 5.69 Å². The van der Waals surface area contributed by atoms with Crippen molar-refractivity contribution in [2.24, 2.45) is 0 Å². The Hall–Kier alpha value is -1.53. The van der Waals surface area contributed by atoms with Gasteiger partial charge >= 0.3 is 0 Å². The fraction of sp³-hybridized carbons (Fsp3) is 0.286. The topological polar surface area (TPSA) is 57.8 Å². The summed E-state index contributed by atoms with van der Waals surface area (Å²) in [6.07, 6.45) is 0. The van der Waals surface area contributed by atoms with Crippen molar-refractivity contribution in [1.82, 2.24) is 15.3 Å². The first-order chi connectivity index (χ1) is 9.45. The van der Waals surface area contributed by atoms with Crippen LogP contribution in [-0.4, -0.2) is 16.0 Å². The van der Waals surface area contributed by atoms with Gasteiger partial charge in [0.1, 0.15) is 11.6 Å². The molecule has 0 saturated carbocycles. The van der Waals surface area contributed by atoms with Gasteiger partial charge < -0.3 is 10.3 Å². The number of rotatable bonds is 4. The van der Waals surface area contributed by atoms with E-state index in [1.165, 1.54) is 18.2 Å². The van der Waals surface area contributed by atoms with Gasteiger partial charge in [0.25, 0.3) is 5.56 Å². The number of nitrogens with zero attached hydrogens (tertiary/aromatic N) is 1. The Kier molecular flexibility index (Phi) is 4.67. The smallest absolute Gasteiger partial charge is 0.251 e. The molecule has 1 aromatic carbocycles. The van der Waals surface area contributed by atoms with Crippen LogP contribution in [0.3, 0.4) is 0 Å². The normalized spacial score (nSPS) is 11.1. The minimum absolute atomic E-state index is 0.230. The van der Waals surface area contributed by atoms with Crippen molar-refractivity contribution in [3.05, 3.63) is 50.6 Å². The molecule has 20 heavy (non-hydrogen) atoms. The first-order valence-electron chi connectivity index (χ1n) is 6.25. The number of aromatic amines is 1. The maximum atomic E-state index is 13.1. The van der Waals surface area contributed by atoms with Gasteiger partial charge in [-0.2, -0.15) is 0 Å². The van der Waals surface area contributed by atoms with Crippen molar-refractivity contribution >= 4 is 15.9 Å². The van der Waals surface area contributed by atoms with Gasteiger partial charge in [0.2, 0.25) is 0 Å². The van der Waals surface area contributed by atoms with Gasteiger partial charge in [-0.05, 0) is 34.1 Å². The van der Waals surface area contributed by atoms with Crippen molar-refractivity contribution in [2.75, 3.05) is 0 Å². The standard InChI is InChI=1S/C14H15BrFN3O/c1-8(2)17-7-10-6-13(20)19-14(18-10)11-4-3-9(16)5-12(11)15/h3-6,8,17H,7H2,1-2H3,(H,18,19,20). The summed E-state index contributed by atoms with van der Waals surface area (Å²) in [6.45, 7) is 4.54. The third-order valence-electron chi connectivity index (χ3n) is 2.67. The molecule has 2 rings (SSSR count). The summed E-state index contributed by atoms with van der Waals surface area (Å²) < 4.78 is 13.6. The zero-order chi connectivity index (χ0) is 14.7. The molecule has 6 heteroatoms. The molecule has 106 valence electrons. The molecule has 0 aliphatic carbocycles. The van der Waals surface area contributed by atoms with Crippen LogP contribution in [-0.2, 0) is 6.54 Å². The number of nitrogens with one attached hydrogen (secondary N) is 2. The van der Waals surface area contributed by atoms with Crippen LogP contribution in [0.15, 0.2) is 33.5 Å². The number of H-pyrrole nitrogens is 1. The summed E-state index contributed by atoms with van der Waals surface area (Å²) in [5.74, 6) is 0.0746. The van der Waals surface area contributed by atoms with Crippen LogP contribution < -0.4 is 10.9 Å². The molecular formula is C14H15BrFN3O. The predicted octanol–water partition coefficient (Wildman–Crippen LogP) is 2.84. The summed E-state index contributed by atoms with van der Waals surface area (Å²) in [5, 5.41) is 3.20. The zero-order valence-corrected chi connectivity index (χ0v) is 12.8. The van der Waals surface area contributed by atoms with E-state index in [0.717, 1.165) is 0 Å². The lowest BCUT2D eigenvalue weighted by Crippen LogP contribution is -2.24. The van der Waals surface area contributed by atoms with Crippen molar-refractivity contribution in [1.29, 1.82) is 0 Å². The lowest BCUT2D eigenvalue weighted by atomic mass is 10.2. The number of benzene rings is 1. The van der Waals surface area contributed by atoms with E-state index in [1.54, 1.807) is 6.07 Å². The van der Waals surface area contributed by atoms with Crippen LogP contribution in [0.1, 0.15) is 19.5 Å². The lowest BCUT2D eigenvalue weighted by molar-refractivity contribution is 0.580. The van der Waals surface area contributed by atoms with Crippen LogP contribution in [0.25, 0.3) is 11.4 Å². The van der Waals surface area contributed by atoms with E-state index < -0.39 is 0 Å². The second kappa shape index (κ2) is 6.28. The molecule has 0 unspecified atom stereocenters. The molecule has 2 N–H and O–H groups in total. The predicted molar refractivity (Wildman–Crippen MR) is 79.9 cm³/mol. The van der Waals surface area contributed by atoms with Gasteiger partial charge in [0, 0.05) is 28.7 Å². The van der Waals surface area contributed by atoms with Crippen LogP contribution in [0.4, 0.5) is 4.39 Å². The Bertz CT molecular complexity index is 670. The Labute approximate surface area is 124 Å². The average molecular weight is 340 g/mol. The maximum Gasteiger partial charge on any atom is 0.251 e. The molecule has 1 aromatic heterocycles. The van der Waals surface area contributed by atoms with Crippen LogP contribution in [0, 0.1) is 5.82 Å². The van der Waals surface area contributed by atoms with Gasteiger partial charge in [0.15, 0.2) is 0 Å². The number of halogens is 2. The summed E-state index contributed by atoms with van der Waals surface area (Å²) >= 11 is 3.28. The molecule has 0 aliphatic rings. The second-order valence-electron chi connectivity index (χ2n) is 4.75. The fourth-order valence-electron chi connectivity index (χ4n) is 1.72.